The molecule has 39 heavy (non-hydrogen) atoms. The smallest absolute Gasteiger partial charge is 0.296 e. The monoisotopic (exact) mass is 533 g/mol. The second kappa shape index (κ2) is 10.0. The number of aliphatic hydroxyl groups is 1. The Morgan fingerprint density at radius 2 is 1.67 bits per heavy atom. The van der Waals surface area contributed by atoms with E-state index < -0.39 is 28.9 Å². The molecule has 2 aromatic rings. The first kappa shape index (κ1) is 25.4. The Balaban J connectivity index is 1.53. The standard InChI is InChI=1S/C29H31N3O7/c1-2-9-31-21-6-4-3-5-20(21)29(28(31)36)24(25(33)19-7-8-22-23(18-19)39-17-16-38-22)26(34)27(35)32(29)11-10-30-12-14-37-15-13-30/h3-8,18,33H,2,9-17H2,1H3. The van der Waals surface area contributed by atoms with Crippen molar-refractivity contribution in [3.05, 3.63) is 59.2 Å². The molecule has 6 rings (SSSR count). The molecule has 0 bridgehead atoms. The number of fused-ring (bicyclic) bond motifs is 3. The van der Waals surface area contributed by atoms with E-state index in [0.29, 0.717) is 81.8 Å². The number of rotatable bonds is 6. The van der Waals surface area contributed by atoms with Gasteiger partial charge in [0.2, 0.25) is 0 Å². The molecule has 4 aliphatic heterocycles. The number of Topliss-reactive ketones (excluding diaryl/α,β-unsaturated/α-hetero) is 1. The van der Waals surface area contributed by atoms with Crippen molar-refractivity contribution in [2.75, 3.05) is 64.1 Å². The number of ether oxygens (including phenoxy) is 3. The number of ketones is 1. The van der Waals surface area contributed by atoms with Crippen LogP contribution in [0.4, 0.5) is 5.69 Å². The second-order valence-corrected chi connectivity index (χ2v) is 10.0. The van der Waals surface area contributed by atoms with Crippen molar-refractivity contribution in [1.29, 1.82) is 0 Å². The van der Waals surface area contributed by atoms with Crippen LogP contribution >= 0.6 is 0 Å². The molecule has 204 valence electrons. The quantitative estimate of drug-likeness (QED) is 0.342. The number of likely N-dealkylation sites (tertiary alicyclic amines) is 1. The first-order chi connectivity index (χ1) is 19.0. The van der Waals surface area contributed by atoms with Crippen LogP contribution in [-0.2, 0) is 24.7 Å². The zero-order chi connectivity index (χ0) is 27.1. The van der Waals surface area contributed by atoms with Gasteiger partial charge in [0.25, 0.3) is 17.6 Å². The van der Waals surface area contributed by atoms with Crippen LogP contribution in [0.25, 0.3) is 5.76 Å². The molecule has 0 aliphatic carbocycles. The van der Waals surface area contributed by atoms with E-state index >= 15 is 0 Å². The van der Waals surface area contributed by atoms with Gasteiger partial charge in [0.05, 0.1) is 24.5 Å². The van der Waals surface area contributed by atoms with Gasteiger partial charge in [-0.1, -0.05) is 25.1 Å². The number of amides is 2. The topological polar surface area (TPSA) is 109 Å². The highest BCUT2D eigenvalue weighted by Crippen LogP contribution is 2.53. The van der Waals surface area contributed by atoms with Crippen molar-refractivity contribution < 1.29 is 33.7 Å². The summed E-state index contributed by atoms with van der Waals surface area (Å²) >= 11 is 0. The van der Waals surface area contributed by atoms with Crippen LogP contribution in [0.3, 0.4) is 0 Å². The van der Waals surface area contributed by atoms with Gasteiger partial charge in [-0.15, -0.1) is 0 Å². The molecule has 4 heterocycles. The third-order valence-electron chi connectivity index (χ3n) is 7.82. The Morgan fingerprint density at radius 3 is 2.44 bits per heavy atom. The SMILES string of the molecule is CCCN1C(=O)C2(C(=C(O)c3ccc4c(c3)OCCO4)C(=O)C(=O)N2CCN2CCOCC2)c2ccccc21. The summed E-state index contributed by atoms with van der Waals surface area (Å²) in [6.45, 7) is 6.30. The average molecular weight is 534 g/mol. The van der Waals surface area contributed by atoms with Crippen LogP contribution in [0.5, 0.6) is 11.5 Å². The van der Waals surface area contributed by atoms with Crippen molar-refractivity contribution >= 4 is 29.0 Å². The van der Waals surface area contributed by atoms with Gasteiger partial charge in [-0.05, 0) is 30.7 Å². The molecular weight excluding hydrogens is 502 g/mol. The molecule has 0 saturated carbocycles. The van der Waals surface area contributed by atoms with Gasteiger partial charge in [-0.25, -0.2) is 0 Å². The zero-order valence-corrected chi connectivity index (χ0v) is 21.9. The summed E-state index contributed by atoms with van der Waals surface area (Å²) in [4.78, 5) is 47.1. The number of morpholine rings is 1. The minimum atomic E-state index is -1.77. The molecule has 10 heteroatoms. The minimum absolute atomic E-state index is 0.141. The van der Waals surface area contributed by atoms with Crippen LogP contribution in [-0.4, -0.2) is 91.7 Å². The van der Waals surface area contributed by atoms with Crippen molar-refractivity contribution in [2.45, 2.75) is 18.9 Å². The fraction of sp³-hybridized carbons (Fsp3) is 0.414. The number of nitrogens with zero attached hydrogens (tertiary/aromatic N) is 3. The number of carbonyl (C=O) groups excluding carboxylic acids is 3. The molecule has 1 spiro atoms. The van der Waals surface area contributed by atoms with Gasteiger partial charge >= 0.3 is 0 Å². The third-order valence-corrected chi connectivity index (χ3v) is 7.82. The summed E-state index contributed by atoms with van der Waals surface area (Å²) < 4.78 is 16.7. The van der Waals surface area contributed by atoms with E-state index in [1.165, 1.54) is 4.90 Å². The van der Waals surface area contributed by atoms with Gasteiger partial charge in [-0.3, -0.25) is 19.3 Å². The lowest BCUT2D eigenvalue weighted by atomic mass is 9.82. The van der Waals surface area contributed by atoms with Gasteiger partial charge in [0.1, 0.15) is 19.0 Å². The Morgan fingerprint density at radius 1 is 0.923 bits per heavy atom. The first-order valence-electron chi connectivity index (χ1n) is 13.4. The van der Waals surface area contributed by atoms with Crippen LogP contribution in [0, 0.1) is 0 Å². The van der Waals surface area contributed by atoms with E-state index in [4.69, 9.17) is 14.2 Å². The average Bonchev–Trinajstić information content (AvgIpc) is 3.35. The van der Waals surface area contributed by atoms with E-state index in [-0.39, 0.29) is 17.7 Å². The maximum Gasteiger partial charge on any atom is 0.296 e. The lowest BCUT2D eigenvalue weighted by Gasteiger charge is -2.36. The predicted molar refractivity (Wildman–Crippen MR) is 142 cm³/mol. The molecule has 0 aromatic heterocycles. The lowest BCUT2D eigenvalue weighted by molar-refractivity contribution is -0.144. The van der Waals surface area contributed by atoms with Crippen molar-refractivity contribution in [3.8, 4) is 11.5 Å². The zero-order valence-electron chi connectivity index (χ0n) is 21.9. The molecule has 1 N–H and O–H groups in total. The maximum atomic E-state index is 14.5. The number of hydrogen-bond acceptors (Lipinski definition) is 8. The summed E-state index contributed by atoms with van der Waals surface area (Å²) in [6.07, 6.45) is 0.680. The molecule has 2 amide bonds. The van der Waals surface area contributed by atoms with Gasteiger partial charge in [0.15, 0.2) is 17.0 Å². The third kappa shape index (κ3) is 3.89. The molecular formula is C29H31N3O7. The van der Waals surface area contributed by atoms with Crippen molar-refractivity contribution in [2.24, 2.45) is 0 Å². The molecule has 4 aliphatic rings. The molecule has 2 fully saturated rings. The first-order valence-corrected chi connectivity index (χ1v) is 13.4. The van der Waals surface area contributed by atoms with Crippen molar-refractivity contribution in [3.63, 3.8) is 0 Å². The Hall–Kier alpha value is -3.89. The Labute approximate surface area is 226 Å². The summed E-state index contributed by atoms with van der Waals surface area (Å²) in [6, 6.07) is 12.0. The number of carbonyl (C=O) groups is 3. The predicted octanol–water partition coefficient (Wildman–Crippen LogP) is 2.12. The van der Waals surface area contributed by atoms with Crippen LogP contribution in [0.15, 0.2) is 48.0 Å². The van der Waals surface area contributed by atoms with Gasteiger partial charge in [0, 0.05) is 43.9 Å². The molecule has 1 atom stereocenters. The number of para-hydroxylation sites is 1. The summed E-state index contributed by atoms with van der Waals surface area (Å²) in [7, 11) is 0. The minimum Gasteiger partial charge on any atom is -0.507 e. The highest BCUT2D eigenvalue weighted by Gasteiger charge is 2.67. The lowest BCUT2D eigenvalue weighted by Crippen LogP contribution is -2.54. The molecule has 2 saturated heterocycles. The summed E-state index contributed by atoms with van der Waals surface area (Å²) in [5.41, 5.74) is -0.575. The van der Waals surface area contributed by atoms with Gasteiger partial charge in [-0.2, -0.15) is 0 Å². The van der Waals surface area contributed by atoms with E-state index in [0.717, 1.165) is 0 Å². The van der Waals surface area contributed by atoms with E-state index in [1.54, 1.807) is 35.2 Å². The van der Waals surface area contributed by atoms with Gasteiger partial charge < -0.3 is 29.1 Å². The van der Waals surface area contributed by atoms with Crippen LogP contribution in [0.2, 0.25) is 0 Å². The summed E-state index contributed by atoms with van der Waals surface area (Å²) in [5.74, 6) is -1.57. The maximum absolute atomic E-state index is 14.5. The Kier molecular flexibility index (Phi) is 6.52. The van der Waals surface area contributed by atoms with Crippen LogP contribution < -0.4 is 14.4 Å². The second-order valence-electron chi connectivity index (χ2n) is 10.0. The largest absolute Gasteiger partial charge is 0.507 e. The number of aliphatic hydroxyl groups excluding tert-OH is 1. The molecule has 0 radical (unpaired) electrons. The van der Waals surface area contributed by atoms with Crippen molar-refractivity contribution in [1.82, 2.24) is 9.80 Å². The Bertz CT molecular complexity index is 1370. The van der Waals surface area contributed by atoms with Crippen LogP contribution in [0.1, 0.15) is 24.5 Å². The fourth-order valence-electron chi connectivity index (χ4n) is 6.01. The van der Waals surface area contributed by atoms with E-state index in [9.17, 15) is 19.5 Å². The molecule has 1 unspecified atom stereocenters. The molecule has 2 aromatic carbocycles. The number of anilines is 1. The fourth-order valence-corrected chi connectivity index (χ4v) is 6.01. The summed E-state index contributed by atoms with van der Waals surface area (Å²) in [5, 5.41) is 11.7. The normalized spacial score (nSPS) is 24.1. The number of benzene rings is 2. The highest BCUT2D eigenvalue weighted by atomic mass is 16.6. The van der Waals surface area contributed by atoms with E-state index in [1.807, 2.05) is 19.1 Å². The molecule has 10 nitrogen and oxygen atoms in total. The van der Waals surface area contributed by atoms with E-state index in [2.05, 4.69) is 4.90 Å². The number of hydrogen-bond donors (Lipinski definition) is 1. The highest BCUT2D eigenvalue weighted by molar-refractivity contribution is 6.50.